The van der Waals surface area contributed by atoms with Gasteiger partial charge in [0.25, 0.3) is 0 Å². The van der Waals surface area contributed by atoms with Crippen LogP contribution in [0.5, 0.6) is 0 Å². The summed E-state index contributed by atoms with van der Waals surface area (Å²) in [4.78, 5) is 0. The van der Waals surface area contributed by atoms with Gasteiger partial charge in [-0.15, -0.1) is 0 Å². The molecule has 0 atom stereocenters. The van der Waals surface area contributed by atoms with Crippen molar-refractivity contribution in [3.8, 4) is 0 Å². The van der Waals surface area contributed by atoms with Crippen molar-refractivity contribution in [2.24, 2.45) is 5.92 Å². The molecule has 0 amide bonds. The molecule has 0 saturated heterocycles. The second-order valence-corrected chi connectivity index (χ2v) is 7.77. The zero-order chi connectivity index (χ0) is 17.0. The third kappa shape index (κ3) is 22.0. The van der Waals surface area contributed by atoms with Crippen LogP contribution in [0.25, 0.3) is 0 Å². The van der Waals surface area contributed by atoms with E-state index < -0.39 is 0 Å². The van der Waals surface area contributed by atoms with Crippen molar-refractivity contribution in [2.75, 3.05) is 13.2 Å². The van der Waals surface area contributed by atoms with E-state index >= 15 is 0 Å². The van der Waals surface area contributed by atoms with Crippen LogP contribution in [-0.4, -0.2) is 13.2 Å². The van der Waals surface area contributed by atoms with Crippen LogP contribution in [0.15, 0.2) is 0 Å². The van der Waals surface area contributed by atoms with Gasteiger partial charge in [-0.2, -0.15) is 0 Å². The predicted octanol–water partition coefficient (Wildman–Crippen LogP) is 7.92. The first-order valence-electron chi connectivity index (χ1n) is 10.8. The van der Waals surface area contributed by atoms with Gasteiger partial charge in [-0.1, -0.05) is 117 Å². The fourth-order valence-electron chi connectivity index (χ4n) is 3.07. The van der Waals surface area contributed by atoms with E-state index in [0.29, 0.717) is 5.92 Å². The van der Waals surface area contributed by atoms with Crippen LogP contribution in [0, 0.1) is 5.92 Å². The second-order valence-electron chi connectivity index (χ2n) is 7.77. The molecule has 0 aromatic rings. The molecule has 0 aromatic heterocycles. The maximum absolute atomic E-state index is 5.61. The Morgan fingerprint density at radius 1 is 0.522 bits per heavy atom. The zero-order valence-corrected chi connectivity index (χ0v) is 16.7. The van der Waals surface area contributed by atoms with E-state index in [0.717, 1.165) is 13.2 Å². The van der Waals surface area contributed by atoms with Gasteiger partial charge in [-0.05, 0) is 12.3 Å². The summed E-state index contributed by atoms with van der Waals surface area (Å²) < 4.78 is 5.61. The highest BCUT2D eigenvalue weighted by Crippen LogP contribution is 2.13. The molecule has 0 saturated carbocycles. The molecule has 0 spiro atoms. The number of rotatable bonds is 19. The van der Waals surface area contributed by atoms with E-state index in [1.54, 1.807) is 0 Å². The van der Waals surface area contributed by atoms with Crippen molar-refractivity contribution in [3.63, 3.8) is 0 Å². The highest BCUT2D eigenvalue weighted by molar-refractivity contribution is 4.50. The van der Waals surface area contributed by atoms with Crippen molar-refractivity contribution in [2.45, 2.75) is 124 Å². The van der Waals surface area contributed by atoms with Gasteiger partial charge >= 0.3 is 0 Å². The van der Waals surface area contributed by atoms with Gasteiger partial charge < -0.3 is 4.74 Å². The van der Waals surface area contributed by atoms with Gasteiger partial charge in [0.1, 0.15) is 0 Å². The van der Waals surface area contributed by atoms with Crippen LogP contribution >= 0.6 is 0 Å². The molecule has 0 bridgehead atoms. The fraction of sp³-hybridized carbons (Fsp3) is 1.00. The van der Waals surface area contributed by atoms with Crippen LogP contribution in [0.4, 0.5) is 0 Å². The van der Waals surface area contributed by atoms with Gasteiger partial charge in [-0.3, -0.25) is 0 Å². The Labute approximate surface area is 148 Å². The topological polar surface area (TPSA) is 9.23 Å². The Hall–Kier alpha value is -0.0400. The SMILES string of the molecule is CCCCCCCCCCCCCCCCCCOCC(C)C. The molecule has 0 N–H and O–H groups in total. The summed E-state index contributed by atoms with van der Waals surface area (Å²) in [6.07, 6.45) is 22.9. The van der Waals surface area contributed by atoms with Crippen molar-refractivity contribution in [3.05, 3.63) is 0 Å². The van der Waals surface area contributed by atoms with E-state index in [1.165, 1.54) is 103 Å². The van der Waals surface area contributed by atoms with Crippen LogP contribution in [-0.2, 0) is 4.74 Å². The largest absolute Gasteiger partial charge is 0.381 e. The molecule has 0 unspecified atom stereocenters. The van der Waals surface area contributed by atoms with Gasteiger partial charge in [0.05, 0.1) is 0 Å². The average Bonchev–Trinajstić information content (AvgIpc) is 2.53. The summed E-state index contributed by atoms with van der Waals surface area (Å²) >= 11 is 0. The lowest BCUT2D eigenvalue weighted by Gasteiger charge is -2.06. The van der Waals surface area contributed by atoms with Gasteiger partial charge in [0, 0.05) is 13.2 Å². The van der Waals surface area contributed by atoms with Gasteiger partial charge in [-0.25, -0.2) is 0 Å². The Bertz CT molecular complexity index is 200. The van der Waals surface area contributed by atoms with E-state index in [1.807, 2.05) is 0 Å². The van der Waals surface area contributed by atoms with Gasteiger partial charge in [0.15, 0.2) is 0 Å². The molecule has 0 fully saturated rings. The minimum Gasteiger partial charge on any atom is -0.381 e. The van der Waals surface area contributed by atoms with E-state index in [-0.39, 0.29) is 0 Å². The number of unbranched alkanes of at least 4 members (excludes halogenated alkanes) is 15. The van der Waals surface area contributed by atoms with Crippen molar-refractivity contribution in [1.29, 1.82) is 0 Å². The lowest BCUT2D eigenvalue weighted by Crippen LogP contribution is -2.02. The highest BCUT2D eigenvalue weighted by Gasteiger charge is 1.96. The van der Waals surface area contributed by atoms with Gasteiger partial charge in [0.2, 0.25) is 0 Å². The first kappa shape index (κ1) is 23.0. The summed E-state index contributed by atoms with van der Waals surface area (Å²) in [5.74, 6) is 0.677. The molecule has 0 heterocycles. The minimum atomic E-state index is 0.677. The molecule has 1 heteroatoms. The first-order chi connectivity index (χ1) is 11.3. The molecule has 0 radical (unpaired) electrons. The predicted molar refractivity (Wildman–Crippen MR) is 105 cm³/mol. The molecule has 0 rings (SSSR count). The third-order valence-electron chi connectivity index (χ3n) is 4.59. The maximum atomic E-state index is 5.61. The zero-order valence-electron chi connectivity index (χ0n) is 16.7. The Kier molecular flexibility index (Phi) is 20.0. The standard InChI is InChI=1S/C22H46O/c1-4-5-6-7-8-9-10-11-12-13-14-15-16-17-18-19-20-23-21-22(2)3/h22H,4-21H2,1-3H3. The monoisotopic (exact) mass is 326 g/mol. The lowest BCUT2D eigenvalue weighted by molar-refractivity contribution is 0.106. The Balaban J connectivity index is 2.95. The Morgan fingerprint density at radius 3 is 1.22 bits per heavy atom. The number of ether oxygens (including phenoxy) is 1. The first-order valence-corrected chi connectivity index (χ1v) is 10.8. The number of hydrogen-bond acceptors (Lipinski definition) is 1. The minimum absolute atomic E-state index is 0.677. The van der Waals surface area contributed by atoms with Crippen molar-refractivity contribution in [1.82, 2.24) is 0 Å². The highest BCUT2D eigenvalue weighted by atomic mass is 16.5. The lowest BCUT2D eigenvalue weighted by atomic mass is 10.0. The quantitative estimate of drug-likeness (QED) is 0.219. The molecule has 0 aliphatic carbocycles. The summed E-state index contributed by atoms with van der Waals surface area (Å²) in [6, 6.07) is 0. The molecule has 1 nitrogen and oxygen atoms in total. The van der Waals surface area contributed by atoms with E-state index in [4.69, 9.17) is 4.74 Å². The van der Waals surface area contributed by atoms with Crippen LogP contribution in [0.1, 0.15) is 124 Å². The maximum Gasteiger partial charge on any atom is 0.0488 e. The van der Waals surface area contributed by atoms with Crippen LogP contribution in [0.3, 0.4) is 0 Å². The normalized spacial score (nSPS) is 11.5. The summed E-state index contributed by atoms with van der Waals surface area (Å²) in [7, 11) is 0. The van der Waals surface area contributed by atoms with Crippen LogP contribution < -0.4 is 0 Å². The van der Waals surface area contributed by atoms with Crippen molar-refractivity contribution >= 4 is 0 Å². The smallest absolute Gasteiger partial charge is 0.0488 e. The molecule has 0 aliphatic rings. The molecule has 0 aliphatic heterocycles. The summed E-state index contributed by atoms with van der Waals surface area (Å²) in [6.45, 7) is 8.62. The van der Waals surface area contributed by atoms with E-state index in [9.17, 15) is 0 Å². The summed E-state index contributed by atoms with van der Waals surface area (Å²) in [5, 5.41) is 0. The third-order valence-corrected chi connectivity index (χ3v) is 4.59. The molecule has 140 valence electrons. The molecular formula is C22H46O. The van der Waals surface area contributed by atoms with E-state index in [2.05, 4.69) is 20.8 Å². The summed E-state index contributed by atoms with van der Waals surface area (Å²) in [5.41, 5.74) is 0. The van der Waals surface area contributed by atoms with Crippen molar-refractivity contribution < 1.29 is 4.74 Å². The fourth-order valence-corrected chi connectivity index (χ4v) is 3.07. The second kappa shape index (κ2) is 20.0. The van der Waals surface area contributed by atoms with Crippen LogP contribution in [0.2, 0.25) is 0 Å². The number of hydrogen-bond donors (Lipinski definition) is 0. The molecular weight excluding hydrogens is 280 g/mol. The molecule has 0 aromatic carbocycles. The average molecular weight is 327 g/mol. The Morgan fingerprint density at radius 2 is 0.870 bits per heavy atom. The molecule has 23 heavy (non-hydrogen) atoms.